The normalized spacial score (nSPS) is 12.8. The number of hydrogen-bond acceptors (Lipinski definition) is 6. The van der Waals surface area contributed by atoms with Gasteiger partial charge in [0.05, 0.1) is 32.9 Å². The van der Waals surface area contributed by atoms with Crippen molar-refractivity contribution in [3.8, 4) is 5.75 Å². The summed E-state index contributed by atoms with van der Waals surface area (Å²) in [5.74, 6) is 0.169. The van der Waals surface area contributed by atoms with Gasteiger partial charge < -0.3 is 10.1 Å². The Morgan fingerprint density at radius 1 is 1.20 bits per heavy atom. The van der Waals surface area contributed by atoms with Crippen LogP contribution in [0.4, 0.5) is 5.69 Å². The topological polar surface area (TPSA) is 97.4 Å². The molecule has 1 heterocycles. The van der Waals surface area contributed by atoms with Crippen molar-refractivity contribution >= 4 is 43.2 Å². The summed E-state index contributed by atoms with van der Waals surface area (Å²) in [6.07, 6.45) is 0.349. The zero-order chi connectivity index (χ0) is 21.9. The molecule has 0 aliphatic rings. The highest BCUT2D eigenvalue weighted by Crippen LogP contribution is 2.26. The van der Waals surface area contributed by atoms with Gasteiger partial charge in [-0.1, -0.05) is 26.0 Å². The van der Waals surface area contributed by atoms with Gasteiger partial charge in [-0.15, -0.1) is 11.3 Å². The van der Waals surface area contributed by atoms with E-state index in [0.29, 0.717) is 17.9 Å². The Balaban J connectivity index is 1.86. The largest absolute Gasteiger partial charge is 0.495 e. The Hall–Kier alpha value is -2.49. The summed E-state index contributed by atoms with van der Waals surface area (Å²) in [7, 11) is -2.39. The summed E-state index contributed by atoms with van der Waals surface area (Å²) in [6, 6.07) is 10.8. The van der Waals surface area contributed by atoms with Gasteiger partial charge in [0, 0.05) is 0 Å². The molecule has 0 saturated carbocycles. The summed E-state index contributed by atoms with van der Waals surface area (Å²) >= 11 is 1.43. The lowest BCUT2D eigenvalue weighted by molar-refractivity contribution is -0.118. The molecular weight excluding hydrogens is 422 g/mol. The lowest BCUT2D eigenvalue weighted by atomic mass is 10.0. The number of nitrogens with zero attached hydrogens (tertiary/aromatic N) is 1. The van der Waals surface area contributed by atoms with E-state index in [2.05, 4.69) is 15.0 Å². The number of benzene rings is 2. The van der Waals surface area contributed by atoms with Crippen LogP contribution in [0.5, 0.6) is 5.75 Å². The number of aryl methyl sites for hydroxylation is 1. The number of ether oxygens (including phenoxy) is 1. The molecule has 0 bridgehead atoms. The third kappa shape index (κ3) is 5.16. The van der Waals surface area contributed by atoms with Crippen LogP contribution in [0.3, 0.4) is 0 Å². The van der Waals surface area contributed by atoms with Crippen LogP contribution in [0.2, 0.25) is 0 Å². The Bertz CT molecular complexity index is 1160. The van der Waals surface area contributed by atoms with E-state index in [1.807, 2.05) is 20.8 Å². The fraction of sp³-hybridized carbons (Fsp3) is 0.333. The van der Waals surface area contributed by atoms with Gasteiger partial charge in [0.2, 0.25) is 15.9 Å². The van der Waals surface area contributed by atoms with Gasteiger partial charge >= 0.3 is 0 Å². The van der Waals surface area contributed by atoms with Crippen molar-refractivity contribution in [2.75, 3.05) is 12.4 Å². The van der Waals surface area contributed by atoms with Crippen molar-refractivity contribution in [1.29, 1.82) is 0 Å². The molecule has 0 fully saturated rings. The quantitative estimate of drug-likeness (QED) is 0.545. The van der Waals surface area contributed by atoms with Crippen molar-refractivity contribution in [2.45, 2.75) is 38.1 Å². The van der Waals surface area contributed by atoms with Crippen LogP contribution >= 0.6 is 11.3 Å². The average Bonchev–Trinajstić information content (AvgIpc) is 3.06. The number of hydrogen-bond donors (Lipinski definition) is 2. The number of fused-ring (bicyclic) bond motifs is 1. The number of amides is 1. The maximum absolute atomic E-state index is 13.0. The molecule has 0 aliphatic heterocycles. The number of anilines is 1. The van der Waals surface area contributed by atoms with E-state index < -0.39 is 22.0 Å². The number of thiazole rings is 1. The zero-order valence-corrected chi connectivity index (χ0v) is 18.9. The average molecular weight is 448 g/mol. The number of rotatable bonds is 8. The lowest BCUT2D eigenvalue weighted by Gasteiger charge is -2.21. The van der Waals surface area contributed by atoms with Crippen LogP contribution in [0.25, 0.3) is 10.2 Å². The standard InChI is InChI=1S/C21H25N3O4S2/c1-13(2)11-18(21(25)23-16-7-5-6-8-19(16)28-4)24-30(26,27)15-9-10-17-20(12-15)29-14(3)22-17/h5-10,12-13,18,24H,11H2,1-4H3,(H,23,25)/t18-/m1/s1. The SMILES string of the molecule is COc1ccccc1NC(=O)[C@@H](CC(C)C)NS(=O)(=O)c1ccc2nc(C)sc2c1. The molecule has 7 nitrogen and oxygen atoms in total. The molecule has 0 aliphatic carbocycles. The molecule has 1 aromatic heterocycles. The molecular formula is C21H25N3O4S2. The molecule has 9 heteroatoms. The highest BCUT2D eigenvalue weighted by Gasteiger charge is 2.27. The van der Waals surface area contributed by atoms with Gasteiger partial charge in [-0.05, 0) is 49.6 Å². The van der Waals surface area contributed by atoms with E-state index in [0.717, 1.165) is 15.2 Å². The van der Waals surface area contributed by atoms with Crippen LogP contribution in [0, 0.1) is 12.8 Å². The molecule has 30 heavy (non-hydrogen) atoms. The lowest BCUT2D eigenvalue weighted by Crippen LogP contribution is -2.44. The summed E-state index contributed by atoms with van der Waals surface area (Å²) in [4.78, 5) is 17.4. The monoisotopic (exact) mass is 447 g/mol. The van der Waals surface area contributed by atoms with E-state index in [1.54, 1.807) is 36.4 Å². The van der Waals surface area contributed by atoms with Crippen LogP contribution in [-0.2, 0) is 14.8 Å². The molecule has 0 radical (unpaired) electrons. The van der Waals surface area contributed by atoms with Gasteiger partial charge in [0.25, 0.3) is 0 Å². The number of nitrogens with one attached hydrogen (secondary N) is 2. The molecule has 1 atom stereocenters. The Labute approximate surface area is 180 Å². The zero-order valence-electron chi connectivity index (χ0n) is 17.3. The molecule has 2 N–H and O–H groups in total. The van der Waals surface area contributed by atoms with Crippen LogP contribution in [0.15, 0.2) is 47.4 Å². The first kappa shape index (κ1) is 22.2. The predicted octanol–water partition coefficient (Wildman–Crippen LogP) is 3.95. The summed E-state index contributed by atoms with van der Waals surface area (Å²) in [5.41, 5.74) is 1.24. The molecule has 0 unspecified atom stereocenters. The number of carbonyl (C=O) groups is 1. The maximum Gasteiger partial charge on any atom is 0.242 e. The first-order valence-electron chi connectivity index (χ1n) is 9.53. The highest BCUT2D eigenvalue weighted by molar-refractivity contribution is 7.89. The van der Waals surface area contributed by atoms with Crippen molar-refractivity contribution in [1.82, 2.24) is 9.71 Å². The van der Waals surface area contributed by atoms with Gasteiger partial charge in [0.1, 0.15) is 11.8 Å². The van der Waals surface area contributed by atoms with Crippen molar-refractivity contribution < 1.29 is 17.9 Å². The maximum atomic E-state index is 13.0. The van der Waals surface area contributed by atoms with Gasteiger partial charge in [-0.25, -0.2) is 13.4 Å². The molecule has 3 rings (SSSR count). The minimum Gasteiger partial charge on any atom is -0.495 e. The van der Waals surface area contributed by atoms with E-state index in [-0.39, 0.29) is 10.8 Å². The second-order valence-electron chi connectivity index (χ2n) is 7.36. The van der Waals surface area contributed by atoms with Crippen molar-refractivity contribution in [3.05, 3.63) is 47.5 Å². The first-order chi connectivity index (χ1) is 14.2. The van der Waals surface area contributed by atoms with E-state index in [4.69, 9.17) is 4.74 Å². The Kier molecular flexibility index (Phi) is 6.74. The van der Waals surface area contributed by atoms with E-state index in [1.165, 1.54) is 24.5 Å². The smallest absolute Gasteiger partial charge is 0.242 e. The molecule has 0 saturated heterocycles. The number of sulfonamides is 1. The van der Waals surface area contributed by atoms with Crippen LogP contribution in [0.1, 0.15) is 25.3 Å². The molecule has 2 aromatic carbocycles. The Morgan fingerprint density at radius 3 is 2.63 bits per heavy atom. The molecule has 1 amide bonds. The van der Waals surface area contributed by atoms with E-state index >= 15 is 0 Å². The summed E-state index contributed by atoms with van der Waals surface area (Å²) < 4.78 is 34.7. The van der Waals surface area contributed by atoms with Gasteiger partial charge in [-0.3, -0.25) is 4.79 Å². The van der Waals surface area contributed by atoms with E-state index in [9.17, 15) is 13.2 Å². The van der Waals surface area contributed by atoms with Crippen molar-refractivity contribution in [3.63, 3.8) is 0 Å². The van der Waals surface area contributed by atoms with Crippen molar-refractivity contribution in [2.24, 2.45) is 5.92 Å². The molecule has 0 spiro atoms. The number of methoxy groups -OCH3 is 1. The Morgan fingerprint density at radius 2 is 1.93 bits per heavy atom. The number of carbonyl (C=O) groups excluding carboxylic acids is 1. The van der Waals surface area contributed by atoms with Gasteiger partial charge in [0.15, 0.2) is 0 Å². The highest BCUT2D eigenvalue weighted by atomic mass is 32.2. The summed E-state index contributed by atoms with van der Waals surface area (Å²) in [5, 5.41) is 3.64. The predicted molar refractivity (Wildman–Crippen MR) is 120 cm³/mol. The minimum atomic E-state index is -3.90. The molecule has 160 valence electrons. The summed E-state index contributed by atoms with van der Waals surface area (Å²) in [6.45, 7) is 5.74. The second kappa shape index (κ2) is 9.11. The number of para-hydroxylation sites is 2. The fourth-order valence-electron chi connectivity index (χ4n) is 3.09. The minimum absolute atomic E-state index is 0.104. The third-order valence-electron chi connectivity index (χ3n) is 4.46. The van der Waals surface area contributed by atoms with Gasteiger partial charge in [-0.2, -0.15) is 4.72 Å². The second-order valence-corrected chi connectivity index (χ2v) is 10.3. The fourth-order valence-corrected chi connectivity index (χ4v) is 5.27. The number of aromatic nitrogens is 1. The van der Waals surface area contributed by atoms with Crippen LogP contribution < -0.4 is 14.8 Å². The first-order valence-corrected chi connectivity index (χ1v) is 11.8. The van der Waals surface area contributed by atoms with Crippen LogP contribution in [-0.4, -0.2) is 32.5 Å². The third-order valence-corrected chi connectivity index (χ3v) is 6.87. The molecule has 3 aromatic rings.